The maximum absolute atomic E-state index is 13.7. The van der Waals surface area contributed by atoms with Crippen LogP contribution in [0.25, 0.3) is 0 Å². The molecule has 0 bridgehead atoms. The van der Waals surface area contributed by atoms with Gasteiger partial charge in [-0.05, 0) is 24.6 Å². The molecule has 2 atom stereocenters. The van der Waals surface area contributed by atoms with E-state index in [4.69, 9.17) is 4.74 Å². The number of nitrogens with zero attached hydrogens (tertiary/aromatic N) is 1. The van der Waals surface area contributed by atoms with E-state index in [2.05, 4.69) is 22.3 Å². The lowest BCUT2D eigenvalue weighted by Gasteiger charge is -2.38. The second-order valence-corrected chi connectivity index (χ2v) is 7.74. The molecule has 0 unspecified atom stereocenters. The van der Waals surface area contributed by atoms with E-state index in [9.17, 15) is 13.6 Å². The Hall–Kier alpha value is -1.96. The van der Waals surface area contributed by atoms with Crippen molar-refractivity contribution >= 4 is 17.7 Å². The van der Waals surface area contributed by atoms with E-state index in [0.717, 1.165) is 36.5 Å². The summed E-state index contributed by atoms with van der Waals surface area (Å²) >= 11 is 1.06. The van der Waals surface area contributed by atoms with Crippen LogP contribution >= 0.6 is 11.8 Å². The molecule has 1 aliphatic rings. The van der Waals surface area contributed by atoms with Gasteiger partial charge in [0.2, 0.25) is 5.91 Å². The van der Waals surface area contributed by atoms with Crippen molar-refractivity contribution in [3.05, 3.63) is 65.7 Å². The lowest BCUT2D eigenvalue weighted by molar-refractivity contribution is -0.119. The number of hydrogen-bond donors (Lipinski definition) is 1. The summed E-state index contributed by atoms with van der Waals surface area (Å²) in [6.45, 7) is 4.92. The van der Waals surface area contributed by atoms with Gasteiger partial charge in [0, 0.05) is 30.1 Å². The number of ether oxygens (including phenoxy) is 1. The van der Waals surface area contributed by atoms with Crippen molar-refractivity contribution in [2.75, 3.05) is 32.1 Å². The number of carbonyl (C=O) groups is 1. The Morgan fingerprint density at radius 3 is 2.57 bits per heavy atom. The Balaban J connectivity index is 1.63. The number of hydrogen-bond acceptors (Lipinski definition) is 4. The van der Waals surface area contributed by atoms with Crippen LogP contribution in [0.4, 0.5) is 8.78 Å². The summed E-state index contributed by atoms with van der Waals surface area (Å²) < 4.78 is 32.2. The number of benzene rings is 2. The largest absolute Gasteiger partial charge is 0.379 e. The Morgan fingerprint density at radius 2 is 1.89 bits per heavy atom. The molecule has 0 saturated carbocycles. The molecule has 1 saturated heterocycles. The van der Waals surface area contributed by atoms with E-state index in [1.807, 2.05) is 25.1 Å². The number of nitrogens with one attached hydrogen (secondary N) is 1. The Bertz CT molecular complexity index is 785. The molecule has 28 heavy (non-hydrogen) atoms. The fourth-order valence-corrected chi connectivity index (χ4v) is 4.16. The van der Waals surface area contributed by atoms with Gasteiger partial charge < -0.3 is 10.1 Å². The van der Waals surface area contributed by atoms with Gasteiger partial charge in [-0.2, -0.15) is 0 Å². The molecule has 1 N–H and O–H groups in total. The molecule has 0 aliphatic carbocycles. The fourth-order valence-electron chi connectivity index (χ4n) is 3.43. The maximum Gasteiger partial charge on any atom is 0.230 e. The summed E-state index contributed by atoms with van der Waals surface area (Å²) in [5.41, 5.74) is 1.13. The van der Waals surface area contributed by atoms with Crippen LogP contribution in [0.5, 0.6) is 0 Å². The zero-order chi connectivity index (χ0) is 19.9. The van der Waals surface area contributed by atoms with Crippen LogP contribution < -0.4 is 5.32 Å². The van der Waals surface area contributed by atoms with Gasteiger partial charge in [0.05, 0.1) is 25.0 Å². The highest BCUT2D eigenvalue weighted by Crippen LogP contribution is 2.26. The monoisotopic (exact) mass is 406 g/mol. The molecule has 150 valence electrons. The van der Waals surface area contributed by atoms with Crippen molar-refractivity contribution in [1.82, 2.24) is 10.2 Å². The summed E-state index contributed by atoms with van der Waals surface area (Å²) in [7, 11) is 0. The van der Waals surface area contributed by atoms with E-state index >= 15 is 0 Å². The Morgan fingerprint density at radius 1 is 1.18 bits per heavy atom. The number of rotatable bonds is 7. The predicted octanol–water partition coefficient (Wildman–Crippen LogP) is 3.64. The summed E-state index contributed by atoms with van der Waals surface area (Å²) in [4.78, 5) is 15.0. The normalized spacial score (nSPS) is 17.1. The average molecular weight is 406 g/mol. The molecule has 0 aromatic heterocycles. The third-order valence-corrected chi connectivity index (χ3v) is 5.74. The number of carbonyl (C=O) groups excluding carboxylic acids is 1. The van der Waals surface area contributed by atoms with E-state index in [0.29, 0.717) is 13.2 Å². The summed E-state index contributed by atoms with van der Waals surface area (Å²) in [5, 5.41) is 3.04. The first-order chi connectivity index (χ1) is 13.5. The molecular weight excluding hydrogens is 382 g/mol. The van der Waals surface area contributed by atoms with Gasteiger partial charge in [0.1, 0.15) is 11.6 Å². The number of morpholine rings is 1. The van der Waals surface area contributed by atoms with Gasteiger partial charge >= 0.3 is 0 Å². The second-order valence-electron chi connectivity index (χ2n) is 6.72. The topological polar surface area (TPSA) is 41.6 Å². The maximum atomic E-state index is 13.7. The van der Waals surface area contributed by atoms with Crippen LogP contribution in [-0.4, -0.2) is 48.9 Å². The van der Waals surface area contributed by atoms with Gasteiger partial charge in [-0.25, -0.2) is 8.78 Å². The van der Waals surface area contributed by atoms with Crippen molar-refractivity contribution < 1.29 is 18.3 Å². The van der Waals surface area contributed by atoms with Crippen LogP contribution in [0.1, 0.15) is 18.5 Å². The molecule has 4 nitrogen and oxygen atoms in total. The molecule has 1 heterocycles. The van der Waals surface area contributed by atoms with Gasteiger partial charge in [-0.3, -0.25) is 9.69 Å². The van der Waals surface area contributed by atoms with E-state index in [1.54, 1.807) is 0 Å². The van der Waals surface area contributed by atoms with Crippen molar-refractivity contribution in [3.63, 3.8) is 0 Å². The first-order valence-corrected chi connectivity index (χ1v) is 10.3. The third-order valence-electron chi connectivity index (χ3n) is 4.70. The summed E-state index contributed by atoms with van der Waals surface area (Å²) in [6, 6.07) is 13.3. The molecule has 7 heteroatoms. The first kappa shape index (κ1) is 20.8. The molecule has 2 aromatic rings. The second kappa shape index (κ2) is 10.0. The highest BCUT2D eigenvalue weighted by Gasteiger charge is 2.28. The molecule has 1 fully saturated rings. The molecule has 3 rings (SSSR count). The predicted molar refractivity (Wildman–Crippen MR) is 106 cm³/mol. The Labute approximate surface area is 168 Å². The highest BCUT2D eigenvalue weighted by molar-refractivity contribution is 8.00. The lowest BCUT2D eigenvalue weighted by Crippen LogP contribution is -2.48. The molecule has 0 radical (unpaired) electrons. The minimum atomic E-state index is -0.652. The number of amides is 1. The van der Waals surface area contributed by atoms with Crippen LogP contribution in [0.3, 0.4) is 0 Å². The van der Waals surface area contributed by atoms with Crippen LogP contribution in [0.2, 0.25) is 0 Å². The molecule has 0 spiro atoms. The van der Waals surface area contributed by atoms with Gasteiger partial charge in [0.25, 0.3) is 0 Å². The van der Waals surface area contributed by atoms with Gasteiger partial charge in [-0.1, -0.05) is 30.3 Å². The Kier molecular flexibility index (Phi) is 7.42. The van der Waals surface area contributed by atoms with E-state index in [-0.39, 0.29) is 28.6 Å². The number of thioether (sulfide) groups is 1. The first-order valence-electron chi connectivity index (χ1n) is 9.28. The molecule has 2 aromatic carbocycles. The van der Waals surface area contributed by atoms with Crippen molar-refractivity contribution in [2.45, 2.75) is 23.9 Å². The smallest absolute Gasteiger partial charge is 0.230 e. The lowest BCUT2D eigenvalue weighted by atomic mass is 9.98. The SMILES string of the molecule is C[C@H](NC(=O)CSc1ccc(F)cc1F)[C@H](c1ccccc1)N1CCOCC1. The van der Waals surface area contributed by atoms with Crippen molar-refractivity contribution in [3.8, 4) is 0 Å². The standard InChI is InChI=1S/C21H24F2N2O2S/c1-15(24-20(26)14-28-19-8-7-17(22)13-18(19)23)21(16-5-3-2-4-6-16)25-9-11-27-12-10-25/h2-8,13,15,21H,9-12,14H2,1H3,(H,24,26)/t15-,21+/m0/s1. The van der Waals surface area contributed by atoms with Gasteiger partial charge in [-0.15, -0.1) is 11.8 Å². The molecular formula is C21H24F2N2O2S. The minimum Gasteiger partial charge on any atom is -0.379 e. The zero-order valence-electron chi connectivity index (χ0n) is 15.7. The van der Waals surface area contributed by atoms with E-state index in [1.165, 1.54) is 12.1 Å². The summed E-state index contributed by atoms with van der Waals surface area (Å²) in [6.07, 6.45) is 0. The van der Waals surface area contributed by atoms with Crippen LogP contribution in [-0.2, 0) is 9.53 Å². The zero-order valence-corrected chi connectivity index (χ0v) is 16.6. The molecule has 1 amide bonds. The third kappa shape index (κ3) is 5.53. The fraction of sp³-hybridized carbons (Fsp3) is 0.381. The van der Waals surface area contributed by atoms with Crippen molar-refractivity contribution in [2.24, 2.45) is 0 Å². The van der Waals surface area contributed by atoms with Crippen LogP contribution in [0, 0.1) is 11.6 Å². The van der Waals surface area contributed by atoms with E-state index < -0.39 is 11.6 Å². The van der Waals surface area contributed by atoms with Crippen LogP contribution in [0.15, 0.2) is 53.4 Å². The highest BCUT2D eigenvalue weighted by atomic mass is 32.2. The minimum absolute atomic E-state index is 0.0293. The number of halogens is 2. The van der Waals surface area contributed by atoms with Gasteiger partial charge in [0.15, 0.2) is 0 Å². The van der Waals surface area contributed by atoms with Crippen molar-refractivity contribution in [1.29, 1.82) is 0 Å². The molecule has 1 aliphatic heterocycles. The quantitative estimate of drug-likeness (QED) is 0.713. The summed E-state index contributed by atoms with van der Waals surface area (Å²) in [5.74, 6) is -1.40. The average Bonchev–Trinajstić information content (AvgIpc) is 2.69.